The minimum absolute atomic E-state index is 0.346. The Bertz CT molecular complexity index is 746. The number of thioether (sulfide) groups is 1. The minimum atomic E-state index is -0.346. The Labute approximate surface area is 125 Å². The van der Waals surface area contributed by atoms with E-state index in [1.54, 1.807) is 6.07 Å². The lowest BCUT2D eigenvalue weighted by Gasteiger charge is -2.02. The molecule has 0 aliphatic rings. The number of hydrogen-bond acceptors (Lipinski definition) is 5. The summed E-state index contributed by atoms with van der Waals surface area (Å²) in [5.41, 5.74) is 7.06. The van der Waals surface area contributed by atoms with Crippen LogP contribution in [0, 0.1) is 5.82 Å². The Morgan fingerprint density at radius 2 is 1.95 bits per heavy atom. The summed E-state index contributed by atoms with van der Waals surface area (Å²) in [5.74, 6) is 1.19. The quantitative estimate of drug-likeness (QED) is 0.587. The molecule has 4 nitrogen and oxygen atoms in total. The Morgan fingerprint density at radius 1 is 1.14 bits per heavy atom. The molecule has 0 aliphatic heterocycles. The molecule has 0 radical (unpaired) electrons. The Kier molecular flexibility index (Phi) is 3.87. The number of halogens is 1. The van der Waals surface area contributed by atoms with Crippen LogP contribution in [-0.4, -0.2) is 10.1 Å². The van der Waals surface area contributed by atoms with Crippen molar-refractivity contribution < 1.29 is 8.91 Å². The van der Waals surface area contributed by atoms with Gasteiger partial charge in [-0.3, -0.25) is 0 Å². The average molecular weight is 301 g/mol. The van der Waals surface area contributed by atoms with Crippen LogP contribution in [0.1, 0.15) is 5.89 Å². The average Bonchev–Trinajstić information content (AvgIpc) is 2.96. The lowest BCUT2D eigenvalue weighted by molar-refractivity contribution is 0.391. The van der Waals surface area contributed by atoms with Gasteiger partial charge in [-0.05, 0) is 18.2 Å². The number of aromatic nitrogens is 2. The fraction of sp³-hybridized carbons (Fsp3) is 0.0667. The molecule has 0 atom stereocenters. The van der Waals surface area contributed by atoms with Crippen molar-refractivity contribution in [3.8, 4) is 11.4 Å². The van der Waals surface area contributed by atoms with Gasteiger partial charge in [-0.1, -0.05) is 35.5 Å². The van der Waals surface area contributed by atoms with Gasteiger partial charge in [0.1, 0.15) is 5.82 Å². The molecule has 3 rings (SSSR count). The van der Waals surface area contributed by atoms with E-state index in [4.69, 9.17) is 10.3 Å². The second-order valence-electron chi connectivity index (χ2n) is 4.35. The van der Waals surface area contributed by atoms with Crippen molar-refractivity contribution in [1.82, 2.24) is 10.1 Å². The van der Waals surface area contributed by atoms with Crippen molar-refractivity contribution in [2.45, 2.75) is 10.6 Å². The van der Waals surface area contributed by atoms with Gasteiger partial charge in [-0.2, -0.15) is 4.98 Å². The predicted octanol–water partition coefficient (Wildman–Crippen LogP) is 3.75. The van der Waals surface area contributed by atoms with Crippen molar-refractivity contribution >= 4 is 17.4 Å². The van der Waals surface area contributed by atoms with Gasteiger partial charge < -0.3 is 10.3 Å². The number of nitrogens with zero attached hydrogens (tertiary/aromatic N) is 2. The molecule has 2 aromatic carbocycles. The van der Waals surface area contributed by atoms with Crippen LogP contribution in [-0.2, 0) is 5.75 Å². The molecule has 0 saturated heterocycles. The lowest BCUT2D eigenvalue weighted by Crippen LogP contribution is -1.90. The first-order chi connectivity index (χ1) is 10.2. The van der Waals surface area contributed by atoms with E-state index in [0.29, 0.717) is 23.2 Å². The van der Waals surface area contributed by atoms with Crippen LogP contribution in [0.25, 0.3) is 11.4 Å². The fourth-order valence-corrected chi connectivity index (χ4v) is 2.59. The van der Waals surface area contributed by atoms with Crippen molar-refractivity contribution in [2.75, 3.05) is 5.73 Å². The molecule has 0 unspecified atom stereocenters. The Morgan fingerprint density at radius 3 is 2.71 bits per heavy atom. The topological polar surface area (TPSA) is 64.9 Å². The smallest absolute Gasteiger partial charge is 0.237 e. The van der Waals surface area contributed by atoms with E-state index in [1.807, 2.05) is 30.3 Å². The third-order valence-corrected chi connectivity index (χ3v) is 3.90. The van der Waals surface area contributed by atoms with Gasteiger partial charge in [0.25, 0.3) is 0 Å². The lowest BCUT2D eigenvalue weighted by atomic mass is 10.2. The molecule has 0 saturated carbocycles. The van der Waals surface area contributed by atoms with E-state index in [1.165, 1.54) is 23.9 Å². The molecule has 0 spiro atoms. The van der Waals surface area contributed by atoms with Gasteiger partial charge >= 0.3 is 0 Å². The van der Waals surface area contributed by atoms with Crippen molar-refractivity contribution in [2.24, 2.45) is 0 Å². The number of anilines is 1. The highest BCUT2D eigenvalue weighted by molar-refractivity contribution is 7.98. The second-order valence-corrected chi connectivity index (χ2v) is 5.37. The van der Waals surface area contributed by atoms with Crippen LogP contribution in [0.2, 0.25) is 0 Å². The van der Waals surface area contributed by atoms with Crippen LogP contribution < -0.4 is 5.73 Å². The predicted molar refractivity (Wildman–Crippen MR) is 80.1 cm³/mol. The van der Waals surface area contributed by atoms with E-state index >= 15 is 0 Å². The summed E-state index contributed by atoms with van der Waals surface area (Å²) >= 11 is 1.43. The molecule has 1 heterocycles. The number of nitrogen functional groups attached to an aromatic ring is 1. The van der Waals surface area contributed by atoms with E-state index in [0.717, 1.165) is 10.5 Å². The summed E-state index contributed by atoms with van der Waals surface area (Å²) < 4.78 is 18.2. The molecule has 0 fully saturated rings. The third kappa shape index (κ3) is 3.22. The SMILES string of the molecule is Nc1cc(F)ccc1SCc1nc(-c2ccccc2)no1. The molecule has 0 aliphatic carbocycles. The third-order valence-electron chi connectivity index (χ3n) is 2.82. The first-order valence-corrected chi connectivity index (χ1v) is 7.27. The van der Waals surface area contributed by atoms with E-state index in [2.05, 4.69) is 10.1 Å². The summed E-state index contributed by atoms with van der Waals surface area (Å²) in [4.78, 5) is 5.12. The van der Waals surface area contributed by atoms with Crippen molar-refractivity contribution in [3.05, 3.63) is 60.2 Å². The van der Waals surface area contributed by atoms with E-state index in [9.17, 15) is 4.39 Å². The zero-order valence-electron chi connectivity index (χ0n) is 11.0. The molecule has 6 heteroatoms. The van der Waals surface area contributed by atoms with Crippen molar-refractivity contribution in [1.29, 1.82) is 0 Å². The van der Waals surface area contributed by atoms with Crippen LogP contribution in [0.3, 0.4) is 0 Å². The number of rotatable bonds is 4. The maximum Gasteiger partial charge on any atom is 0.237 e. The van der Waals surface area contributed by atoms with Gasteiger partial charge in [0.2, 0.25) is 11.7 Å². The van der Waals surface area contributed by atoms with Crippen LogP contribution in [0.15, 0.2) is 57.9 Å². The van der Waals surface area contributed by atoms with Gasteiger partial charge in [0, 0.05) is 16.1 Å². The zero-order chi connectivity index (χ0) is 14.7. The van der Waals surface area contributed by atoms with Crippen LogP contribution >= 0.6 is 11.8 Å². The van der Waals surface area contributed by atoms with Gasteiger partial charge in [-0.25, -0.2) is 4.39 Å². The van der Waals surface area contributed by atoms with E-state index < -0.39 is 0 Å². The molecule has 106 valence electrons. The summed E-state index contributed by atoms with van der Waals surface area (Å²) in [6.45, 7) is 0. The monoisotopic (exact) mass is 301 g/mol. The molecular formula is C15H12FN3OS. The normalized spacial score (nSPS) is 10.7. The van der Waals surface area contributed by atoms with Gasteiger partial charge in [-0.15, -0.1) is 11.8 Å². The summed E-state index contributed by atoms with van der Waals surface area (Å²) in [5, 5.41) is 3.94. The number of benzene rings is 2. The highest BCUT2D eigenvalue weighted by Gasteiger charge is 2.09. The minimum Gasteiger partial charge on any atom is -0.398 e. The van der Waals surface area contributed by atoms with E-state index in [-0.39, 0.29) is 5.82 Å². The number of hydrogen-bond donors (Lipinski definition) is 1. The molecular weight excluding hydrogens is 289 g/mol. The first-order valence-electron chi connectivity index (χ1n) is 6.28. The second kappa shape index (κ2) is 5.97. The standard InChI is InChI=1S/C15H12FN3OS/c16-11-6-7-13(12(17)8-11)21-9-14-18-15(19-20-14)10-4-2-1-3-5-10/h1-8H,9,17H2. The van der Waals surface area contributed by atoms with Crippen LogP contribution in [0.4, 0.5) is 10.1 Å². The van der Waals surface area contributed by atoms with Crippen LogP contribution in [0.5, 0.6) is 0 Å². The highest BCUT2D eigenvalue weighted by atomic mass is 32.2. The zero-order valence-corrected chi connectivity index (χ0v) is 11.8. The largest absolute Gasteiger partial charge is 0.398 e. The maximum absolute atomic E-state index is 13.0. The molecule has 21 heavy (non-hydrogen) atoms. The van der Waals surface area contributed by atoms with Crippen molar-refractivity contribution in [3.63, 3.8) is 0 Å². The Balaban J connectivity index is 1.70. The maximum atomic E-state index is 13.0. The van der Waals surface area contributed by atoms with Gasteiger partial charge in [0.05, 0.1) is 5.75 Å². The molecule has 2 N–H and O–H groups in total. The van der Waals surface area contributed by atoms with Gasteiger partial charge in [0.15, 0.2) is 0 Å². The highest BCUT2D eigenvalue weighted by Crippen LogP contribution is 2.28. The molecule has 1 aromatic heterocycles. The Hall–Kier alpha value is -2.34. The summed E-state index contributed by atoms with van der Waals surface area (Å²) in [7, 11) is 0. The first kappa shape index (κ1) is 13.6. The summed E-state index contributed by atoms with van der Waals surface area (Å²) in [6.07, 6.45) is 0. The molecule has 0 amide bonds. The molecule has 3 aromatic rings. The summed E-state index contributed by atoms with van der Waals surface area (Å²) in [6, 6.07) is 13.9. The number of nitrogens with two attached hydrogens (primary N) is 1. The fourth-order valence-electron chi connectivity index (χ4n) is 1.81. The molecule has 0 bridgehead atoms.